The van der Waals surface area contributed by atoms with Crippen molar-refractivity contribution in [3.63, 3.8) is 0 Å². The van der Waals surface area contributed by atoms with Crippen LogP contribution in [0.4, 0.5) is 0 Å². The lowest BCUT2D eigenvalue weighted by Crippen LogP contribution is -1.87. The lowest BCUT2D eigenvalue weighted by atomic mass is 10.4. The van der Waals surface area contributed by atoms with Crippen LogP contribution in [0.25, 0.3) is 0 Å². The number of hydrogen-bond acceptors (Lipinski definition) is 2. The zero-order valence-electron chi connectivity index (χ0n) is 5.41. The highest BCUT2D eigenvalue weighted by molar-refractivity contribution is 8.07. The van der Waals surface area contributed by atoms with Gasteiger partial charge in [0.05, 0.1) is 0 Å². The molecular weight excluding hydrogens is 160 g/mol. The first-order valence-electron chi connectivity index (χ1n) is 3.17. The van der Waals surface area contributed by atoms with Crippen LogP contribution in [0.3, 0.4) is 0 Å². The fourth-order valence-corrected chi connectivity index (χ4v) is 2.87. The monoisotopic (exact) mass is 167 g/mol. The Labute approximate surface area is 69.4 Å². The van der Waals surface area contributed by atoms with E-state index in [1.807, 2.05) is 23.5 Å². The topological polar surface area (TPSA) is 0 Å². The smallest absolute Gasteiger partial charge is 0.0319 e. The van der Waals surface area contributed by atoms with Crippen LogP contribution in [0, 0.1) is 5.75 Å². The summed E-state index contributed by atoms with van der Waals surface area (Å²) in [5.41, 5.74) is 0. The lowest BCUT2D eigenvalue weighted by Gasteiger charge is -2.12. The van der Waals surface area contributed by atoms with Gasteiger partial charge in [-0.1, -0.05) is 12.1 Å². The van der Waals surface area contributed by atoms with Gasteiger partial charge in [0.15, 0.2) is 0 Å². The molecule has 0 nitrogen and oxygen atoms in total. The molecule has 1 aliphatic heterocycles. The van der Waals surface area contributed by atoms with E-state index in [0.717, 1.165) is 5.75 Å². The highest BCUT2D eigenvalue weighted by Crippen LogP contribution is 2.38. The molecule has 51 valence electrons. The molecule has 10 heavy (non-hydrogen) atoms. The van der Waals surface area contributed by atoms with E-state index < -0.39 is 0 Å². The van der Waals surface area contributed by atoms with Crippen molar-refractivity contribution < 1.29 is 0 Å². The van der Waals surface area contributed by atoms with Crippen molar-refractivity contribution in [2.24, 2.45) is 0 Å². The molecule has 0 amide bonds. The van der Waals surface area contributed by atoms with E-state index in [1.165, 1.54) is 9.79 Å². The second-order valence-corrected chi connectivity index (χ2v) is 4.11. The molecule has 0 bridgehead atoms. The summed E-state index contributed by atoms with van der Waals surface area (Å²) in [5, 5.41) is 0. The van der Waals surface area contributed by atoms with Crippen molar-refractivity contribution in [2.45, 2.75) is 9.79 Å². The van der Waals surface area contributed by atoms with E-state index in [9.17, 15) is 0 Å². The molecule has 1 radical (unpaired) electrons. The second-order valence-electron chi connectivity index (χ2n) is 2.04. The molecule has 1 aromatic carbocycles. The predicted octanol–water partition coefficient (Wildman–Crippen LogP) is 3.05. The Kier molecular flexibility index (Phi) is 1.91. The van der Waals surface area contributed by atoms with Crippen LogP contribution in [-0.4, -0.2) is 5.75 Å². The number of fused-ring (bicyclic) bond motifs is 1. The summed E-state index contributed by atoms with van der Waals surface area (Å²) in [6, 6.07) is 8.53. The molecule has 2 rings (SSSR count). The van der Waals surface area contributed by atoms with Gasteiger partial charge in [-0.3, -0.25) is 0 Å². The van der Waals surface area contributed by atoms with Crippen molar-refractivity contribution in [3.8, 4) is 0 Å². The predicted molar refractivity (Wildman–Crippen MR) is 47.3 cm³/mol. The third-order valence-electron chi connectivity index (χ3n) is 1.37. The first-order chi connectivity index (χ1) is 4.97. The van der Waals surface area contributed by atoms with Crippen LogP contribution < -0.4 is 0 Å². The molecule has 1 heterocycles. The molecule has 0 saturated heterocycles. The van der Waals surface area contributed by atoms with Crippen LogP contribution in [0.15, 0.2) is 34.1 Å². The van der Waals surface area contributed by atoms with Gasteiger partial charge in [0.1, 0.15) is 0 Å². The summed E-state index contributed by atoms with van der Waals surface area (Å²) in [4.78, 5) is 2.83. The van der Waals surface area contributed by atoms with Crippen LogP contribution in [0.2, 0.25) is 0 Å². The SMILES string of the molecule is [CH]1CSc2ccccc2S1. The van der Waals surface area contributed by atoms with Gasteiger partial charge in [-0.15, -0.1) is 23.5 Å². The molecule has 1 aliphatic rings. The van der Waals surface area contributed by atoms with E-state index in [0.29, 0.717) is 0 Å². The highest BCUT2D eigenvalue weighted by Gasteiger charge is 2.07. The van der Waals surface area contributed by atoms with Crippen molar-refractivity contribution >= 4 is 23.5 Å². The van der Waals surface area contributed by atoms with Crippen molar-refractivity contribution in [3.05, 3.63) is 30.0 Å². The Balaban J connectivity index is 2.41. The summed E-state index contributed by atoms with van der Waals surface area (Å²) in [7, 11) is 0. The van der Waals surface area contributed by atoms with E-state index >= 15 is 0 Å². The second kappa shape index (κ2) is 2.89. The van der Waals surface area contributed by atoms with Crippen LogP contribution >= 0.6 is 23.5 Å². The fourth-order valence-electron chi connectivity index (χ4n) is 0.914. The maximum Gasteiger partial charge on any atom is 0.0319 e. The quantitative estimate of drug-likeness (QED) is 0.582. The van der Waals surface area contributed by atoms with Crippen LogP contribution in [-0.2, 0) is 0 Å². The minimum absolute atomic E-state index is 1.14. The summed E-state index contributed by atoms with van der Waals surface area (Å²) >= 11 is 3.76. The number of rotatable bonds is 0. The molecule has 0 fully saturated rings. The molecule has 2 heteroatoms. The van der Waals surface area contributed by atoms with Gasteiger partial charge in [0, 0.05) is 21.3 Å². The van der Waals surface area contributed by atoms with E-state index in [-0.39, 0.29) is 0 Å². The average Bonchev–Trinajstić information content (AvgIpc) is 2.05. The standard InChI is InChI=1S/C8H7S2/c1-2-4-8-7(3-1)9-5-6-10-8/h1-5H,6H2. The highest BCUT2D eigenvalue weighted by atomic mass is 32.2. The summed E-state index contributed by atoms with van der Waals surface area (Å²) in [6.45, 7) is 0. The molecule has 0 unspecified atom stereocenters. The van der Waals surface area contributed by atoms with Gasteiger partial charge in [-0.25, -0.2) is 0 Å². The molecule has 0 aliphatic carbocycles. The first kappa shape index (κ1) is 6.62. The van der Waals surface area contributed by atoms with Crippen molar-refractivity contribution in [1.82, 2.24) is 0 Å². The Hall–Kier alpha value is -0.0800. The van der Waals surface area contributed by atoms with Crippen molar-refractivity contribution in [2.75, 3.05) is 5.75 Å². The fraction of sp³-hybridized carbons (Fsp3) is 0.125. The third-order valence-corrected chi connectivity index (χ3v) is 3.65. The minimum Gasteiger partial charge on any atom is -0.124 e. The number of hydrogen-bond donors (Lipinski definition) is 0. The molecule has 0 N–H and O–H groups in total. The molecule has 0 atom stereocenters. The summed E-state index contributed by atoms with van der Waals surface area (Å²) in [5.74, 6) is 3.38. The van der Waals surface area contributed by atoms with Gasteiger partial charge in [0.25, 0.3) is 0 Å². The Morgan fingerprint density at radius 1 is 1.10 bits per heavy atom. The van der Waals surface area contributed by atoms with E-state index in [2.05, 4.69) is 30.0 Å². The Bertz CT molecular complexity index is 207. The van der Waals surface area contributed by atoms with E-state index in [1.54, 1.807) is 0 Å². The van der Waals surface area contributed by atoms with Gasteiger partial charge in [0.2, 0.25) is 0 Å². The van der Waals surface area contributed by atoms with Gasteiger partial charge in [-0.2, -0.15) is 0 Å². The molecule has 0 spiro atoms. The number of benzene rings is 1. The first-order valence-corrected chi connectivity index (χ1v) is 5.03. The summed E-state index contributed by atoms with van der Waals surface area (Å²) in [6.07, 6.45) is 0. The van der Waals surface area contributed by atoms with Crippen LogP contribution in [0.1, 0.15) is 0 Å². The van der Waals surface area contributed by atoms with Gasteiger partial charge in [-0.05, 0) is 12.1 Å². The maximum absolute atomic E-state index is 2.24. The van der Waals surface area contributed by atoms with Crippen LogP contribution in [0.5, 0.6) is 0 Å². The molecular formula is C8H7S2. The molecule has 0 aromatic heterocycles. The Morgan fingerprint density at radius 2 is 1.90 bits per heavy atom. The van der Waals surface area contributed by atoms with Crippen molar-refractivity contribution in [1.29, 1.82) is 0 Å². The molecule has 0 saturated carbocycles. The largest absolute Gasteiger partial charge is 0.124 e. The molecule has 1 aromatic rings. The zero-order valence-corrected chi connectivity index (χ0v) is 7.04. The lowest BCUT2D eigenvalue weighted by molar-refractivity contribution is 1.24. The maximum atomic E-state index is 2.24. The van der Waals surface area contributed by atoms with Gasteiger partial charge >= 0.3 is 0 Å². The van der Waals surface area contributed by atoms with Gasteiger partial charge < -0.3 is 0 Å². The summed E-state index contributed by atoms with van der Waals surface area (Å²) < 4.78 is 0. The Morgan fingerprint density at radius 3 is 2.70 bits per heavy atom. The normalized spacial score (nSPS) is 16.4. The average molecular weight is 167 g/mol. The number of thioether (sulfide) groups is 2. The minimum atomic E-state index is 1.14. The third kappa shape index (κ3) is 1.18. The van der Waals surface area contributed by atoms with E-state index in [4.69, 9.17) is 0 Å². The zero-order chi connectivity index (χ0) is 6.81.